The summed E-state index contributed by atoms with van der Waals surface area (Å²) in [5.74, 6) is -2.35. The second-order valence-electron chi connectivity index (χ2n) is 7.12. The molecule has 2 rings (SSSR count). The van der Waals surface area contributed by atoms with E-state index in [4.69, 9.17) is 44.6 Å². The van der Waals surface area contributed by atoms with Gasteiger partial charge in [0, 0.05) is 5.41 Å². The standard InChI is InChI=1S/C19H24N8O2/c1-19(2,7-3-9(15(20)21)13(28)10(4-7)16(22)23)8-5-11(17(24)25)14(29)12(6-8)18(26)27/h3-6,28-29H,1-2H3,(H3,20,21)(H3,22,23)(H3,24,25)(H3,26,27). The maximum atomic E-state index is 10.3. The molecule has 0 aliphatic carbocycles. The highest BCUT2D eigenvalue weighted by Gasteiger charge is 2.29. The lowest BCUT2D eigenvalue weighted by Crippen LogP contribution is -2.25. The highest BCUT2D eigenvalue weighted by atomic mass is 16.3. The van der Waals surface area contributed by atoms with Crippen molar-refractivity contribution >= 4 is 23.3 Å². The first-order chi connectivity index (χ1) is 13.3. The lowest BCUT2D eigenvalue weighted by Gasteiger charge is -2.29. The fourth-order valence-electron chi connectivity index (χ4n) is 2.98. The van der Waals surface area contributed by atoms with Crippen LogP contribution in [0.3, 0.4) is 0 Å². The Kier molecular flexibility index (Phi) is 5.23. The average Bonchev–Trinajstić information content (AvgIpc) is 2.60. The molecule has 152 valence electrons. The zero-order valence-electron chi connectivity index (χ0n) is 16.0. The molecule has 0 bridgehead atoms. The number of hydrogen-bond acceptors (Lipinski definition) is 6. The van der Waals surface area contributed by atoms with E-state index in [0.29, 0.717) is 11.1 Å². The van der Waals surface area contributed by atoms with Gasteiger partial charge in [0.1, 0.15) is 34.8 Å². The van der Waals surface area contributed by atoms with Crippen molar-refractivity contribution in [1.29, 1.82) is 21.6 Å². The van der Waals surface area contributed by atoms with Gasteiger partial charge in [0.25, 0.3) is 0 Å². The predicted molar refractivity (Wildman–Crippen MR) is 112 cm³/mol. The van der Waals surface area contributed by atoms with Gasteiger partial charge >= 0.3 is 0 Å². The van der Waals surface area contributed by atoms with Gasteiger partial charge in [-0.15, -0.1) is 0 Å². The van der Waals surface area contributed by atoms with Gasteiger partial charge in [-0.1, -0.05) is 13.8 Å². The van der Waals surface area contributed by atoms with Crippen molar-refractivity contribution in [2.45, 2.75) is 19.3 Å². The van der Waals surface area contributed by atoms with Crippen molar-refractivity contribution in [2.75, 3.05) is 0 Å². The van der Waals surface area contributed by atoms with Crippen LogP contribution in [0.1, 0.15) is 47.2 Å². The Morgan fingerprint density at radius 2 is 0.828 bits per heavy atom. The van der Waals surface area contributed by atoms with Crippen LogP contribution in [0.2, 0.25) is 0 Å². The molecule has 0 saturated carbocycles. The monoisotopic (exact) mass is 396 g/mol. The zero-order chi connectivity index (χ0) is 22.3. The maximum absolute atomic E-state index is 10.3. The van der Waals surface area contributed by atoms with Crippen LogP contribution >= 0.6 is 0 Å². The van der Waals surface area contributed by atoms with Crippen molar-refractivity contribution in [1.82, 2.24) is 0 Å². The molecule has 14 N–H and O–H groups in total. The topological polar surface area (TPSA) is 240 Å². The fourth-order valence-corrected chi connectivity index (χ4v) is 2.98. The summed E-state index contributed by atoms with van der Waals surface area (Å²) in [6.45, 7) is 3.60. The third-order valence-electron chi connectivity index (χ3n) is 4.82. The van der Waals surface area contributed by atoms with Crippen LogP contribution in [-0.2, 0) is 5.41 Å². The van der Waals surface area contributed by atoms with Crippen molar-refractivity contribution in [2.24, 2.45) is 22.9 Å². The molecule has 2 aromatic carbocycles. The number of phenols is 2. The second-order valence-corrected chi connectivity index (χ2v) is 7.12. The fraction of sp³-hybridized carbons (Fsp3) is 0.158. The summed E-state index contributed by atoms with van der Waals surface area (Å²) in [7, 11) is 0. The summed E-state index contributed by atoms with van der Waals surface area (Å²) < 4.78 is 0. The van der Waals surface area contributed by atoms with E-state index >= 15 is 0 Å². The number of nitrogens with one attached hydrogen (secondary N) is 4. The Morgan fingerprint density at radius 1 is 0.621 bits per heavy atom. The normalized spacial score (nSPS) is 11.1. The largest absolute Gasteiger partial charge is 0.506 e. The number of hydrogen-bond donors (Lipinski definition) is 10. The number of nitrogen functional groups attached to an aromatic ring is 4. The molecule has 0 aliphatic heterocycles. The Morgan fingerprint density at radius 3 is 1.00 bits per heavy atom. The molecule has 0 aromatic heterocycles. The van der Waals surface area contributed by atoms with Crippen molar-refractivity contribution in [3.05, 3.63) is 57.6 Å². The predicted octanol–water partition coefficient (Wildman–Crippen LogP) is 0.560. The number of phenolic OH excluding ortho intramolecular Hbond substituents is 2. The lowest BCUT2D eigenvalue weighted by molar-refractivity contribution is 0.471. The van der Waals surface area contributed by atoms with E-state index in [1.807, 2.05) is 0 Å². The number of benzene rings is 2. The van der Waals surface area contributed by atoms with Crippen molar-refractivity contribution < 1.29 is 10.2 Å². The molecule has 0 unspecified atom stereocenters. The Hall–Kier alpha value is -4.08. The molecule has 10 nitrogen and oxygen atoms in total. The highest BCUT2D eigenvalue weighted by Crippen LogP contribution is 2.38. The van der Waals surface area contributed by atoms with Gasteiger partial charge in [-0.25, -0.2) is 0 Å². The highest BCUT2D eigenvalue weighted by molar-refractivity contribution is 6.06. The van der Waals surface area contributed by atoms with E-state index < -0.39 is 28.8 Å². The molecule has 0 amide bonds. The zero-order valence-corrected chi connectivity index (χ0v) is 16.0. The molecule has 0 aliphatic rings. The minimum Gasteiger partial charge on any atom is -0.506 e. The molecule has 10 heteroatoms. The van der Waals surface area contributed by atoms with Crippen LogP contribution in [0.15, 0.2) is 24.3 Å². The molecule has 0 saturated heterocycles. The first-order valence-electron chi connectivity index (χ1n) is 8.41. The summed E-state index contributed by atoms with van der Waals surface area (Å²) in [5.41, 5.74) is 22.6. The molecule has 29 heavy (non-hydrogen) atoms. The molecule has 0 heterocycles. The minimum absolute atomic E-state index is 0.0122. The second kappa shape index (κ2) is 7.15. The van der Waals surface area contributed by atoms with Crippen LogP contribution in [0.5, 0.6) is 11.5 Å². The van der Waals surface area contributed by atoms with E-state index in [-0.39, 0.29) is 33.8 Å². The summed E-state index contributed by atoms with van der Waals surface area (Å²) in [4.78, 5) is 0. The third-order valence-corrected chi connectivity index (χ3v) is 4.82. The summed E-state index contributed by atoms with van der Waals surface area (Å²) >= 11 is 0. The van der Waals surface area contributed by atoms with Gasteiger partial charge < -0.3 is 33.1 Å². The summed E-state index contributed by atoms with van der Waals surface area (Å²) in [5, 5.41) is 51.4. The average molecular weight is 396 g/mol. The maximum Gasteiger partial charge on any atom is 0.137 e. The van der Waals surface area contributed by atoms with Crippen LogP contribution in [-0.4, -0.2) is 33.6 Å². The van der Waals surface area contributed by atoms with Gasteiger partial charge in [0.15, 0.2) is 0 Å². The number of nitrogens with two attached hydrogens (primary N) is 4. The Labute approximate surface area is 167 Å². The third kappa shape index (κ3) is 3.68. The SMILES string of the molecule is CC(C)(c1cc(C(=N)N)c(O)c(C(=N)N)c1)c1cc(C(=N)N)c(O)c(C(=N)N)c1. The van der Waals surface area contributed by atoms with E-state index in [1.165, 1.54) is 24.3 Å². The first kappa shape index (κ1) is 21.2. The van der Waals surface area contributed by atoms with E-state index in [1.54, 1.807) is 13.8 Å². The molecular formula is C19H24N8O2. The van der Waals surface area contributed by atoms with Crippen molar-refractivity contribution in [3.63, 3.8) is 0 Å². The first-order valence-corrected chi connectivity index (χ1v) is 8.41. The minimum atomic E-state index is -0.857. The molecular weight excluding hydrogens is 372 g/mol. The van der Waals surface area contributed by atoms with Gasteiger partial charge in [0.05, 0.1) is 22.3 Å². The van der Waals surface area contributed by atoms with Gasteiger partial charge in [-0.2, -0.15) is 0 Å². The van der Waals surface area contributed by atoms with Gasteiger partial charge in [-0.3, -0.25) is 21.6 Å². The van der Waals surface area contributed by atoms with Crippen LogP contribution in [0.4, 0.5) is 0 Å². The molecule has 0 atom stereocenters. The van der Waals surface area contributed by atoms with E-state index in [2.05, 4.69) is 0 Å². The summed E-state index contributed by atoms with van der Waals surface area (Å²) in [6, 6.07) is 5.99. The van der Waals surface area contributed by atoms with Gasteiger partial charge in [-0.05, 0) is 35.4 Å². The van der Waals surface area contributed by atoms with Crippen LogP contribution < -0.4 is 22.9 Å². The lowest BCUT2D eigenvalue weighted by atomic mass is 9.75. The van der Waals surface area contributed by atoms with E-state index in [9.17, 15) is 10.2 Å². The molecule has 2 aromatic rings. The van der Waals surface area contributed by atoms with Crippen molar-refractivity contribution in [3.8, 4) is 11.5 Å². The Balaban J connectivity index is 2.85. The number of amidine groups is 4. The Bertz CT molecular complexity index is 918. The van der Waals surface area contributed by atoms with Crippen LogP contribution in [0, 0.1) is 21.6 Å². The van der Waals surface area contributed by atoms with E-state index in [0.717, 1.165) is 0 Å². The number of aromatic hydroxyl groups is 2. The number of rotatable bonds is 6. The van der Waals surface area contributed by atoms with Gasteiger partial charge in [0.2, 0.25) is 0 Å². The van der Waals surface area contributed by atoms with Crippen LogP contribution in [0.25, 0.3) is 0 Å². The molecule has 0 fully saturated rings. The summed E-state index contributed by atoms with van der Waals surface area (Å²) in [6.07, 6.45) is 0. The molecule has 0 radical (unpaired) electrons. The quantitative estimate of drug-likeness (QED) is 0.247. The smallest absolute Gasteiger partial charge is 0.137 e. The molecule has 0 spiro atoms.